The molecule has 0 N–H and O–H groups in total. The predicted octanol–water partition coefficient (Wildman–Crippen LogP) is 5.67. The minimum atomic E-state index is -0.842. The van der Waals surface area contributed by atoms with Gasteiger partial charge in [0.1, 0.15) is 5.75 Å². The number of allylic oxidation sites excluding steroid dienone is 1. The summed E-state index contributed by atoms with van der Waals surface area (Å²) >= 11 is 0. The third-order valence-electron chi connectivity index (χ3n) is 7.96. The van der Waals surface area contributed by atoms with Gasteiger partial charge in [-0.25, -0.2) is 4.90 Å². The molecule has 0 bridgehead atoms. The van der Waals surface area contributed by atoms with Crippen LogP contribution in [0.25, 0.3) is 16.3 Å². The molecule has 0 aromatic heterocycles. The van der Waals surface area contributed by atoms with E-state index in [0.717, 1.165) is 33.0 Å². The second kappa shape index (κ2) is 8.00. The summed E-state index contributed by atoms with van der Waals surface area (Å²) in [5.74, 6) is -3.33. The first-order valence-electron chi connectivity index (χ1n) is 12.5. The Morgan fingerprint density at radius 1 is 0.730 bits per heavy atom. The summed E-state index contributed by atoms with van der Waals surface area (Å²) in [4.78, 5) is 42.8. The van der Waals surface area contributed by atoms with Crippen LogP contribution in [0.2, 0.25) is 0 Å². The van der Waals surface area contributed by atoms with Crippen molar-refractivity contribution in [3.63, 3.8) is 0 Å². The molecule has 4 aromatic rings. The molecule has 2 aliphatic heterocycles. The number of anilines is 1. The number of rotatable bonds is 2. The van der Waals surface area contributed by atoms with Gasteiger partial charge in [0.15, 0.2) is 0 Å². The number of carbonyl (C=O) groups excluding carboxylic acids is 3. The van der Waals surface area contributed by atoms with Crippen molar-refractivity contribution in [2.45, 2.75) is 12.8 Å². The average Bonchev–Trinajstić information content (AvgIpc) is 3.19. The third kappa shape index (κ3) is 3.13. The fourth-order valence-electron chi connectivity index (χ4n) is 6.24. The van der Waals surface area contributed by atoms with Crippen molar-refractivity contribution in [3.05, 3.63) is 114 Å². The van der Waals surface area contributed by atoms with Crippen molar-refractivity contribution in [3.8, 4) is 5.75 Å². The summed E-state index contributed by atoms with van der Waals surface area (Å²) in [6.07, 6.45) is 2.03. The van der Waals surface area contributed by atoms with Crippen LogP contribution < -0.4 is 9.64 Å². The minimum Gasteiger partial charge on any atom is -0.425 e. The number of ether oxygens (including phenoxy) is 1. The van der Waals surface area contributed by atoms with Crippen LogP contribution in [0.15, 0.2) is 97.1 Å². The Morgan fingerprint density at radius 3 is 2.22 bits per heavy atom. The zero-order valence-corrected chi connectivity index (χ0v) is 20.1. The summed E-state index contributed by atoms with van der Waals surface area (Å²) in [7, 11) is 0. The molecule has 5 heteroatoms. The van der Waals surface area contributed by atoms with Gasteiger partial charge in [0.25, 0.3) is 0 Å². The average molecular weight is 486 g/mol. The highest BCUT2D eigenvalue weighted by atomic mass is 16.5. The molecule has 1 aliphatic carbocycles. The quantitative estimate of drug-likeness (QED) is 0.209. The molecule has 5 nitrogen and oxygen atoms in total. The number of fused-ring (bicyclic) bond motifs is 7. The highest BCUT2D eigenvalue weighted by molar-refractivity contribution is 6.24. The smallest absolute Gasteiger partial charge is 0.319 e. The molecule has 3 aliphatic rings. The summed E-state index contributed by atoms with van der Waals surface area (Å²) < 4.78 is 5.94. The van der Waals surface area contributed by atoms with E-state index in [1.165, 1.54) is 4.90 Å². The van der Waals surface area contributed by atoms with Crippen LogP contribution in [0.5, 0.6) is 5.75 Å². The lowest BCUT2D eigenvalue weighted by Gasteiger charge is -2.38. The standard InChI is InChI=1S/C32H23NO4/c1-18-11-14-21(15-12-18)33-30(34)26-24(19-7-3-2-4-8-19)17-25-23-16-13-20-9-5-6-10-22(20)29(23)37-32(36)27(25)28(26)31(33)35/h2-17,24,26-28H,1H3/t24-,26+,27+,28-/m0/s1. The minimum absolute atomic E-state index is 0.278. The number of benzene rings is 4. The number of hydrogen-bond donors (Lipinski definition) is 0. The largest absolute Gasteiger partial charge is 0.425 e. The summed E-state index contributed by atoms with van der Waals surface area (Å²) in [5, 5.41) is 1.82. The number of carbonyl (C=O) groups is 3. The van der Waals surface area contributed by atoms with E-state index in [2.05, 4.69) is 0 Å². The van der Waals surface area contributed by atoms with E-state index >= 15 is 0 Å². The van der Waals surface area contributed by atoms with E-state index < -0.39 is 23.7 Å². The van der Waals surface area contributed by atoms with Crippen molar-refractivity contribution in [2.75, 3.05) is 4.90 Å². The lowest BCUT2D eigenvalue weighted by Crippen LogP contribution is -2.42. The molecule has 4 atom stereocenters. The van der Waals surface area contributed by atoms with E-state index in [1.54, 1.807) is 12.1 Å². The Labute approximate surface area is 214 Å². The number of imide groups is 1. The molecule has 1 saturated heterocycles. The third-order valence-corrected chi connectivity index (χ3v) is 7.96. The number of esters is 1. The van der Waals surface area contributed by atoms with Gasteiger partial charge in [0, 0.05) is 16.9 Å². The van der Waals surface area contributed by atoms with Gasteiger partial charge in [-0.1, -0.05) is 90.5 Å². The molecular formula is C32H23NO4. The Kier molecular flexibility index (Phi) is 4.70. The van der Waals surface area contributed by atoms with E-state index in [9.17, 15) is 14.4 Å². The fourth-order valence-corrected chi connectivity index (χ4v) is 6.24. The second-order valence-corrected chi connectivity index (χ2v) is 10.0. The molecule has 0 spiro atoms. The molecule has 0 unspecified atom stereocenters. The SMILES string of the molecule is Cc1ccc(N2C(=O)[C@@H]3[C@@H]4C(=O)Oc5c(ccc6ccccc56)C4=C[C@@H](c4ccccc4)[C@H]3C2=O)cc1. The van der Waals surface area contributed by atoms with Crippen molar-refractivity contribution in [2.24, 2.45) is 17.8 Å². The van der Waals surface area contributed by atoms with Gasteiger partial charge in [-0.2, -0.15) is 0 Å². The van der Waals surface area contributed by atoms with Crippen molar-refractivity contribution < 1.29 is 19.1 Å². The number of nitrogens with zero attached hydrogens (tertiary/aromatic N) is 1. The van der Waals surface area contributed by atoms with Gasteiger partial charge in [0.2, 0.25) is 11.8 Å². The zero-order chi connectivity index (χ0) is 25.3. The van der Waals surface area contributed by atoms with E-state index in [4.69, 9.17) is 4.74 Å². The normalized spacial score (nSPS) is 24.3. The molecule has 2 heterocycles. The Balaban J connectivity index is 1.44. The number of aryl methyl sites for hydroxylation is 1. The molecule has 0 radical (unpaired) electrons. The predicted molar refractivity (Wildman–Crippen MR) is 141 cm³/mol. The monoisotopic (exact) mass is 485 g/mol. The van der Waals surface area contributed by atoms with Crippen LogP contribution in [-0.4, -0.2) is 17.8 Å². The fraction of sp³-hybridized carbons (Fsp3) is 0.156. The molecule has 0 saturated carbocycles. The molecule has 7 rings (SSSR count). The van der Waals surface area contributed by atoms with Crippen LogP contribution >= 0.6 is 0 Å². The molecule has 1 fully saturated rings. The van der Waals surface area contributed by atoms with E-state index in [-0.39, 0.29) is 17.7 Å². The van der Waals surface area contributed by atoms with Gasteiger partial charge in [-0.3, -0.25) is 14.4 Å². The van der Waals surface area contributed by atoms with E-state index in [0.29, 0.717) is 11.4 Å². The highest BCUT2D eigenvalue weighted by Crippen LogP contribution is 2.55. The molecule has 2 amide bonds. The first-order chi connectivity index (χ1) is 18.0. The highest BCUT2D eigenvalue weighted by Gasteiger charge is 2.60. The summed E-state index contributed by atoms with van der Waals surface area (Å²) in [5.41, 5.74) is 4.07. The maximum absolute atomic E-state index is 14.0. The first kappa shape index (κ1) is 21.7. The van der Waals surface area contributed by atoms with Gasteiger partial charge in [0.05, 0.1) is 23.4 Å². The second-order valence-electron chi connectivity index (χ2n) is 10.0. The van der Waals surface area contributed by atoms with Gasteiger partial charge < -0.3 is 4.74 Å². The Morgan fingerprint density at radius 2 is 1.43 bits per heavy atom. The molecular weight excluding hydrogens is 462 g/mol. The van der Waals surface area contributed by atoms with Crippen LogP contribution in [-0.2, 0) is 14.4 Å². The lowest BCUT2D eigenvalue weighted by atomic mass is 9.64. The molecule has 180 valence electrons. The van der Waals surface area contributed by atoms with Crippen LogP contribution in [0.3, 0.4) is 0 Å². The van der Waals surface area contributed by atoms with Gasteiger partial charge in [-0.05, 0) is 35.6 Å². The summed E-state index contributed by atoms with van der Waals surface area (Å²) in [6, 6.07) is 28.8. The van der Waals surface area contributed by atoms with Crippen molar-refractivity contribution in [1.29, 1.82) is 0 Å². The molecule has 37 heavy (non-hydrogen) atoms. The maximum atomic E-state index is 14.0. The van der Waals surface area contributed by atoms with Crippen LogP contribution in [0, 0.1) is 24.7 Å². The maximum Gasteiger partial charge on any atom is 0.319 e. The van der Waals surface area contributed by atoms with Crippen molar-refractivity contribution >= 4 is 39.8 Å². The van der Waals surface area contributed by atoms with Crippen LogP contribution in [0.4, 0.5) is 5.69 Å². The lowest BCUT2D eigenvalue weighted by molar-refractivity contribution is -0.142. The zero-order valence-electron chi connectivity index (χ0n) is 20.1. The van der Waals surface area contributed by atoms with Crippen LogP contribution in [0.1, 0.15) is 22.6 Å². The molecule has 4 aromatic carbocycles. The van der Waals surface area contributed by atoms with E-state index in [1.807, 2.05) is 91.9 Å². The Bertz CT molecular complexity index is 1640. The topological polar surface area (TPSA) is 63.7 Å². The number of amides is 2. The van der Waals surface area contributed by atoms with Crippen molar-refractivity contribution in [1.82, 2.24) is 0 Å². The number of hydrogen-bond acceptors (Lipinski definition) is 4. The van der Waals surface area contributed by atoms with Gasteiger partial charge in [-0.15, -0.1) is 0 Å². The van der Waals surface area contributed by atoms with Gasteiger partial charge >= 0.3 is 5.97 Å². The Hall–Kier alpha value is -4.51. The first-order valence-corrected chi connectivity index (χ1v) is 12.5. The summed E-state index contributed by atoms with van der Waals surface area (Å²) in [6.45, 7) is 1.96.